The molecule has 1 atom stereocenters. The number of carbonyl (C=O) groups is 2. The van der Waals surface area contributed by atoms with Crippen molar-refractivity contribution in [3.8, 4) is 5.75 Å². The van der Waals surface area contributed by atoms with E-state index in [1.807, 2.05) is 96.1 Å². The maximum absolute atomic E-state index is 14.7. The van der Waals surface area contributed by atoms with Gasteiger partial charge in [0.25, 0.3) is 10.0 Å². The number of carbonyl (C=O) groups excluding carboxylic acids is 2. The molecule has 1 N–H and O–H groups in total. The molecule has 0 saturated heterocycles. The SMILES string of the molecule is CCOc1ccccc1N(CC(=O)N(Cc1ccc(C)cc1)[C@@H](Cc1ccccc1)C(=O)NC(C)(C)C)S(=O)(=O)c1ccc(C)cc1. The van der Waals surface area contributed by atoms with E-state index in [1.165, 1.54) is 17.0 Å². The minimum absolute atomic E-state index is 0.0404. The van der Waals surface area contributed by atoms with E-state index in [1.54, 1.807) is 36.4 Å². The van der Waals surface area contributed by atoms with Crippen LogP contribution in [0, 0.1) is 13.8 Å². The van der Waals surface area contributed by atoms with Gasteiger partial charge in [-0.2, -0.15) is 0 Å². The molecule has 4 rings (SSSR count). The molecule has 0 aliphatic rings. The maximum Gasteiger partial charge on any atom is 0.264 e. The Labute approximate surface area is 279 Å². The van der Waals surface area contributed by atoms with Gasteiger partial charge in [-0.15, -0.1) is 0 Å². The quantitative estimate of drug-likeness (QED) is 0.179. The molecule has 0 saturated carbocycles. The second-order valence-corrected chi connectivity index (χ2v) is 14.5. The number of benzene rings is 4. The van der Waals surface area contributed by atoms with Gasteiger partial charge in [0.15, 0.2) is 0 Å². The van der Waals surface area contributed by atoms with E-state index in [2.05, 4.69) is 5.32 Å². The molecular formula is C38H45N3O5S. The van der Waals surface area contributed by atoms with Crippen LogP contribution in [0.2, 0.25) is 0 Å². The molecule has 0 aliphatic carbocycles. The fourth-order valence-electron chi connectivity index (χ4n) is 5.19. The van der Waals surface area contributed by atoms with Crippen LogP contribution in [0.3, 0.4) is 0 Å². The van der Waals surface area contributed by atoms with Crippen molar-refractivity contribution >= 4 is 27.5 Å². The standard InChI is InChI=1S/C38H45N3O5S/c1-7-46-35-16-12-11-15-33(35)41(47(44,45)32-23-19-29(3)20-24-32)27-36(42)40(26-31-21-17-28(2)18-22-31)34(37(43)39-38(4,5)6)25-30-13-9-8-10-14-30/h8-24,34H,7,25-27H2,1-6H3,(H,39,43)/t34-/m0/s1. The Morgan fingerprint density at radius 1 is 0.787 bits per heavy atom. The van der Waals surface area contributed by atoms with Crippen LogP contribution in [0.15, 0.2) is 108 Å². The van der Waals surface area contributed by atoms with Gasteiger partial charge in [-0.25, -0.2) is 8.42 Å². The molecule has 0 unspecified atom stereocenters. The summed E-state index contributed by atoms with van der Waals surface area (Å²) in [5.74, 6) is -0.531. The van der Waals surface area contributed by atoms with Gasteiger partial charge in [0.05, 0.1) is 17.2 Å². The van der Waals surface area contributed by atoms with Crippen LogP contribution in [0.5, 0.6) is 5.75 Å². The number of amides is 2. The smallest absolute Gasteiger partial charge is 0.264 e. The monoisotopic (exact) mass is 655 g/mol. The zero-order chi connectivity index (χ0) is 34.2. The van der Waals surface area contributed by atoms with Crippen LogP contribution >= 0.6 is 0 Å². The molecule has 47 heavy (non-hydrogen) atoms. The Morgan fingerprint density at radius 2 is 1.36 bits per heavy atom. The van der Waals surface area contributed by atoms with Crippen molar-refractivity contribution in [2.75, 3.05) is 17.5 Å². The molecule has 2 amide bonds. The Bertz CT molecular complexity index is 1750. The molecule has 0 radical (unpaired) electrons. The van der Waals surface area contributed by atoms with Gasteiger partial charge in [-0.05, 0) is 76.9 Å². The molecule has 0 fully saturated rings. The van der Waals surface area contributed by atoms with Crippen molar-refractivity contribution in [2.24, 2.45) is 0 Å². The predicted molar refractivity (Wildman–Crippen MR) is 187 cm³/mol. The summed E-state index contributed by atoms with van der Waals surface area (Å²) in [5.41, 5.74) is 3.31. The molecule has 8 nitrogen and oxygen atoms in total. The number of anilines is 1. The first-order valence-corrected chi connectivity index (χ1v) is 17.2. The number of nitrogens with zero attached hydrogens (tertiary/aromatic N) is 2. The van der Waals surface area contributed by atoms with Crippen molar-refractivity contribution < 1.29 is 22.7 Å². The first kappa shape index (κ1) is 35.2. The normalized spacial score (nSPS) is 12.2. The summed E-state index contributed by atoms with van der Waals surface area (Å²) in [6, 6.07) is 29.6. The van der Waals surface area contributed by atoms with E-state index >= 15 is 0 Å². The third-order valence-electron chi connectivity index (χ3n) is 7.56. The Morgan fingerprint density at radius 3 is 1.96 bits per heavy atom. The van der Waals surface area contributed by atoms with Crippen molar-refractivity contribution in [1.82, 2.24) is 10.2 Å². The predicted octanol–water partition coefficient (Wildman–Crippen LogP) is 6.45. The van der Waals surface area contributed by atoms with E-state index in [9.17, 15) is 18.0 Å². The lowest BCUT2D eigenvalue weighted by Crippen LogP contribution is -2.56. The van der Waals surface area contributed by atoms with E-state index in [0.717, 1.165) is 26.6 Å². The molecule has 4 aromatic carbocycles. The van der Waals surface area contributed by atoms with Gasteiger partial charge >= 0.3 is 0 Å². The van der Waals surface area contributed by atoms with Gasteiger partial charge in [0.1, 0.15) is 18.3 Å². The molecule has 9 heteroatoms. The van der Waals surface area contributed by atoms with E-state index in [4.69, 9.17) is 4.74 Å². The Hall–Kier alpha value is -4.63. The molecule has 0 aromatic heterocycles. The minimum atomic E-state index is -4.25. The second kappa shape index (κ2) is 15.3. The minimum Gasteiger partial charge on any atom is -0.492 e. The van der Waals surface area contributed by atoms with Crippen LogP contribution in [0.25, 0.3) is 0 Å². The summed E-state index contributed by atoms with van der Waals surface area (Å²) in [6.45, 7) is 11.2. The van der Waals surface area contributed by atoms with E-state index < -0.39 is 34.1 Å². The molecule has 0 heterocycles. The second-order valence-electron chi connectivity index (χ2n) is 12.7. The Kier molecular flexibility index (Phi) is 11.5. The van der Waals surface area contributed by atoms with Gasteiger partial charge < -0.3 is 15.0 Å². The number of aryl methyl sites for hydroxylation is 2. The largest absolute Gasteiger partial charge is 0.492 e. The highest BCUT2D eigenvalue weighted by Gasteiger charge is 2.36. The topological polar surface area (TPSA) is 96.0 Å². The molecule has 248 valence electrons. The van der Waals surface area contributed by atoms with E-state index in [0.29, 0.717) is 12.4 Å². The number of hydrogen-bond acceptors (Lipinski definition) is 5. The van der Waals surface area contributed by atoms with Crippen LogP contribution in [-0.4, -0.2) is 49.9 Å². The highest BCUT2D eigenvalue weighted by atomic mass is 32.2. The molecule has 0 aliphatic heterocycles. The summed E-state index contributed by atoms with van der Waals surface area (Å²) in [6.07, 6.45) is 0.237. The van der Waals surface area contributed by atoms with Crippen molar-refractivity contribution in [3.05, 3.63) is 125 Å². The van der Waals surface area contributed by atoms with Crippen molar-refractivity contribution in [3.63, 3.8) is 0 Å². The van der Waals surface area contributed by atoms with Crippen LogP contribution < -0.4 is 14.4 Å². The van der Waals surface area contributed by atoms with Gasteiger partial charge in [0, 0.05) is 18.5 Å². The average molecular weight is 656 g/mol. The fraction of sp³-hybridized carbons (Fsp3) is 0.316. The van der Waals surface area contributed by atoms with Crippen molar-refractivity contribution in [1.29, 1.82) is 0 Å². The number of para-hydroxylation sites is 2. The maximum atomic E-state index is 14.7. The number of rotatable bonds is 13. The zero-order valence-electron chi connectivity index (χ0n) is 28.1. The highest BCUT2D eigenvalue weighted by molar-refractivity contribution is 7.92. The summed E-state index contributed by atoms with van der Waals surface area (Å²) in [5, 5.41) is 3.06. The third kappa shape index (κ3) is 9.45. The average Bonchev–Trinajstić information content (AvgIpc) is 3.02. The first-order chi connectivity index (χ1) is 22.3. The lowest BCUT2D eigenvalue weighted by atomic mass is 10.0. The molecule has 0 spiro atoms. The van der Waals surface area contributed by atoms with Gasteiger partial charge in [-0.3, -0.25) is 13.9 Å². The fourth-order valence-corrected chi connectivity index (χ4v) is 6.61. The summed E-state index contributed by atoms with van der Waals surface area (Å²) in [4.78, 5) is 30.3. The molecular weight excluding hydrogens is 611 g/mol. The highest BCUT2D eigenvalue weighted by Crippen LogP contribution is 2.33. The summed E-state index contributed by atoms with van der Waals surface area (Å²) in [7, 11) is -4.25. The number of nitrogens with one attached hydrogen (secondary N) is 1. The lowest BCUT2D eigenvalue weighted by Gasteiger charge is -2.35. The van der Waals surface area contributed by atoms with Crippen LogP contribution in [0.4, 0.5) is 5.69 Å². The first-order valence-electron chi connectivity index (χ1n) is 15.8. The van der Waals surface area contributed by atoms with Gasteiger partial charge in [-0.1, -0.05) is 90.0 Å². The summed E-state index contributed by atoms with van der Waals surface area (Å²) < 4.78 is 35.6. The molecule has 4 aromatic rings. The van der Waals surface area contributed by atoms with Crippen LogP contribution in [-0.2, 0) is 32.6 Å². The van der Waals surface area contributed by atoms with Crippen molar-refractivity contribution in [2.45, 2.75) is 71.0 Å². The lowest BCUT2D eigenvalue weighted by molar-refractivity contribution is -0.140. The number of hydrogen-bond donors (Lipinski definition) is 1. The molecule has 0 bridgehead atoms. The Balaban J connectivity index is 1.85. The van der Waals surface area contributed by atoms with Crippen LogP contribution in [0.1, 0.15) is 49.9 Å². The van der Waals surface area contributed by atoms with E-state index in [-0.39, 0.29) is 29.5 Å². The number of sulfonamides is 1. The van der Waals surface area contributed by atoms with Gasteiger partial charge in [0.2, 0.25) is 11.8 Å². The third-order valence-corrected chi connectivity index (χ3v) is 9.34. The zero-order valence-corrected chi connectivity index (χ0v) is 28.9. The number of ether oxygens (including phenoxy) is 1. The summed E-state index contributed by atoms with van der Waals surface area (Å²) >= 11 is 0.